The van der Waals surface area contributed by atoms with Crippen molar-refractivity contribution in [1.29, 1.82) is 0 Å². The number of hydrogen-bond acceptors (Lipinski definition) is 8. The van der Waals surface area contributed by atoms with Crippen LogP contribution in [0, 0.1) is 5.92 Å². The molecule has 172 valence electrons. The van der Waals surface area contributed by atoms with Gasteiger partial charge in [0.15, 0.2) is 0 Å². The minimum Gasteiger partial charge on any atom is -0.426 e. The van der Waals surface area contributed by atoms with E-state index < -0.39 is 35.7 Å². The monoisotopic (exact) mass is 458 g/mol. The van der Waals surface area contributed by atoms with Crippen LogP contribution in [0.2, 0.25) is 0 Å². The molecule has 0 radical (unpaired) electrons. The van der Waals surface area contributed by atoms with E-state index in [0.717, 1.165) is 12.8 Å². The van der Waals surface area contributed by atoms with E-state index in [1.807, 2.05) is 0 Å². The number of carbonyl (C=O) groups excluding carboxylic acids is 2. The van der Waals surface area contributed by atoms with Gasteiger partial charge in [-0.25, -0.2) is 18.4 Å². The number of alkyl halides is 2. The molecule has 1 aliphatic rings. The molecule has 4 rings (SSSR count). The second-order valence-electron chi connectivity index (χ2n) is 7.77. The van der Waals surface area contributed by atoms with Crippen LogP contribution in [-0.2, 0) is 11.2 Å². The fourth-order valence-electron chi connectivity index (χ4n) is 3.50. The summed E-state index contributed by atoms with van der Waals surface area (Å²) in [5, 5.41) is 0.0770. The number of hydrogen-bond donors (Lipinski definition) is 0. The highest BCUT2D eigenvalue weighted by molar-refractivity contribution is 5.96. The number of para-hydroxylation sites is 1. The zero-order valence-corrected chi connectivity index (χ0v) is 17.7. The Labute approximate surface area is 186 Å². The lowest BCUT2D eigenvalue weighted by molar-refractivity contribution is -0.131. The Morgan fingerprint density at radius 1 is 1.18 bits per heavy atom. The first-order valence-corrected chi connectivity index (χ1v) is 10.4. The first-order valence-electron chi connectivity index (χ1n) is 10.4. The molecule has 1 aliphatic carbocycles. The Hall–Kier alpha value is -3.69. The molecule has 0 spiro atoms. The number of rotatable bonds is 8. The van der Waals surface area contributed by atoms with E-state index >= 15 is 0 Å². The molecule has 1 fully saturated rings. The average Bonchev–Trinajstić information content (AvgIpc) is 3.57. The number of halogens is 2. The standard InChI is InChI=1S/C23H20F2N2O6/c1-12(28)31-16-8-3-2-7-15(16)23(30)33-22-18-14(6-4-5-13-9-10-13)11-17(29)32-21(18)26-20(27-22)19(24)25/h2-3,7-8,11,13,19H,4-6,9-10H2,1H3. The van der Waals surface area contributed by atoms with Gasteiger partial charge >= 0.3 is 17.6 Å². The molecule has 0 bridgehead atoms. The van der Waals surface area contributed by atoms with Gasteiger partial charge in [0, 0.05) is 13.0 Å². The first-order chi connectivity index (χ1) is 15.8. The molecule has 2 aromatic heterocycles. The number of benzene rings is 1. The topological polar surface area (TPSA) is 109 Å². The van der Waals surface area contributed by atoms with Gasteiger partial charge in [0.25, 0.3) is 6.43 Å². The van der Waals surface area contributed by atoms with Crippen LogP contribution in [0.15, 0.2) is 39.5 Å². The van der Waals surface area contributed by atoms with E-state index in [2.05, 4.69) is 9.97 Å². The molecule has 33 heavy (non-hydrogen) atoms. The van der Waals surface area contributed by atoms with E-state index in [-0.39, 0.29) is 22.4 Å². The Bertz CT molecular complexity index is 1270. The fourth-order valence-corrected chi connectivity index (χ4v) is 3.50. The van der Waals surface area contributed by atoms with Crippen molar-refractivity contribution in [2.24, 2.45) is 5.92 Å². The molecule has 0 N–H and O–H groups in total. The lowest BCUT2D eigenvalue weighted by Crippen LogP contribution is -2.15. The molecule has 1 aromatic carbocycles. The third-order valence-electron chi connectivity index (χ3n) is 5.17. The molecule has 0 saturated heterocycles. The van der Waals surface area contributed by atoms with Gasteiger partial charge in [-0.05, 0) is 36.5 Å². The summed E-state index contributed by atoms with van der Waals surface area (Å²) in [5.41, 5.74) is -0.796. The third-order valence-corrected chi connectivity index (χ3v) is 5.17. The molecular weight excluding hydrogens is 438 g/mol. The van der Waals surface area contributed by atoms with Crippen molar-refractivity contribution in [3.8, 4) is 11.6 Å². The molecule has 0 unspecified atom stereocenters. The van der Waals surface area contributed by atoms with Gasteiger partial charge in [-0.1, -0.05) is 31.4 Å². The minimum absolute atomic E-state index is 0.0568. The summed E-state index contributed by atoms with van der Waals surface area (Å²) in [4.78, 5) is 43.6. The maximum Gasteiger partial charge on any atom is 0.348 e. The average molecular weight is 458 g/mol. The normalized spacial score (nSPS) is 13.3. The highest BCUT2D eigenvalue weighted by Gasteiger charge is 2.25. The van der Waals surface area contributed by atoms with Crippen molar-refractivity contribution in [3.63, 3.8) is 0 Å². The van der Waals surface area contributed by atoms with E-state index in [0.29, 0.717) is 17.9 Å². The molecule has 8 nitrogen and oxygen atoms in total. The molecule has 2 heterocycles. The Morgan fingerprint density at radius 2 is 1.94 bits per heavy atom. The SMILES string of the molecule is CC(=O)Oc1ccccc1C(=O)Oc1nc(C(F)F)nc2oc(=O)cc(CCCC3CC3)c12. The van der Waals surface area contributed by atoms with Crippen molar-refractivity contribution in [2.45, 2.75) is 45.5 Å². The van der Waals surface area contributed by atoms with Crippen LogP contribution in [-0.4, -0.2) is 21.9 Å². The number of nitrogens with zero attached hydrogens (tertiary/aromatic N) is 2. The molecule has 10 heteroatoms. The Kier molecular flexibility index (Phi) is 6.43. The van der Waals surface area contributed by atoms with Gasteiger partial charge in [-0.2, -0.15) is 9.97 Å². The van der Waals surface area contributed by atoms with Crippen molar-refractivity contribution < 1.29 is 32.3 Å². The van der Waals surface area contributed by atoms with Crippen LogP contribution in [0.5, 0.6) is 11.6 Å². The summed E-state index contributed by atoms with van der Waals surface area (Å²) in [5.74, 6) is -2.43. The largest absolute Gasteiger partial charge is 0.426 e. The van der Waals surface area contributed by atoms with Gasteiger partial charge in [0.05, 0.1) is 0 Å². The van der Waals surface area contributed by atoms with Crippen LogP contribution in [0.3, 0.4) is 0 Å². The smallest absolute Gasteiger partial charge is 0.348 e. The van der Waals surface area contributed by atoms with Crippen LogP contribution in [0.25, 0.3) is 11.1 Å². The lowest BCUT2D eigenvalue weighted by atomic mass is 10.0. The van der Waals surface area contributed by atoms with Gasteiger partial charge in [0.2, 0.25) is 17.4 Å². The van der Waals surface area contributed by atoms with Crippen LogP contribution >= 0.6 is 0 Å². The van der Waals surface area contributed by atoms with Gasteiger partial charge < -0.3 is 13.9 Å². The predicted molar refractivity (Wildman–Crippen MR) is 111 cm³/mol. The number of fused-ring (bicyclic) bond motifs is 1. The fraction of sp³-hybridized carbons (Fsp3) is 0.348. The summed E-state index contributed by atoms with van der Waals surface area (Å²) < 4.78 is 42.2. The second kappa shape index (κ2) is 9.43. The lowest BCUT2D eigenvalue weighted by Gasteiger charge is -2.12. The number of aromatic nitrogens is 2. The van der Waals surface area contributed by atoms with Crippen molar-refractivity contribution >= 4 is 23.0 Å². The van der Waals surface area contributed by atoms with E-state index in [4.69, 9.17) is 13.9 Å². The number of esters is 2. The maximum atomic E-state index is 13.4. The van der Waals surface area contributed by atoms with Crippen molar-refractivity contribution in [1.82, 2.24) is 9.97 Å². The second-order valence-corrected chi connectivity index (χ2v) is 7.77. The van der Waals surface area contributed by atoms with E-state index in [9.17, 15) is 23.2 Å². The maximum absolute atomic E-state index is 13.4. The molecule has 0 aliphatic heterocycles. The Morgan fingerprint density at radius 3 is 2.64 bits per heavy atom. The Balaban J connectivity index is 1.75. The van der Waals surface area contributed by atoms with Crippen LogP contribution < -0.4 is 15.1 Å². The third kappa shape index (κ3) is 5.39. The molecule has 3 aromatic rings. The zero-order valence-electron chi connectivity index (χ0n) is 17.7. The van der Waals surface area contributed by atoms with Gasteiger partial charge in [0.1, 0.15) is 16.7 Å². The molecule has 0 atom stereocenters. The van der Waals surface area contributed by atoms with Crippen molar-refractivity contribution in [3.05, 3.63) is 57.7 Å². The number of ether oxygens (including phenoxy) is 2. The summed E-state index contributed by atoms with van der Waals surface area (Å²) in [7, 11) is 0. The van der Waals surface area contributed by atoms with Gasteiger partial charge in [-0.15, -0.1) is 0 Å². The molecular formula is C23H20F2N2O6. The van der Waals surface area contributed by atoms with Crippen LogP contribution in [0.1, 0.15) is 60.8 Å². The van der Waals surface area contributed by atoms with Crippen molar-refractivity contribution in [2.75, 3.05) is 0 Å². The number of aryl methyl sites for hydroxylation is 1. The summed E-state index contributed by atoms with van der Waals surface area (Å²) in [6, 6.07) is 7.05. The summed E-state index contributed by atoms with van der Waals surface area (Å²) >= 11 is 0. The molecule has 1 saturated carbocycles. The first kappa shape index (κ1) is 22.5. The van der Waals surface area contributed by atoms with Crippen LogP contribution in [0.4, 0.5) is 8.78 Å². The quantitative estimate of drug-likeness (QED) is 0.361. The summed E-state index contributed by atoms with van der Waals surface area (Å²) in [6.07, 6.45) is 1.39. The highest BCUT2D eigenvalue weighted by atomic mass is 19.3. The zero-order chi connectivity index (χ0) is 23.5. The highest BCUT2D eigenvalue weighted by Crippen LogP contribution is 2.35. The van der Waals surface area contributed by atoms with E-state index in [1.165, 1.54) is 44.0 Å². The van der Waals surface area contributed by atoms with E-state index in [1.54, 1.807) is 6.07 Å². The molecule has 0 amide bonds. The minimum atomic E-state index is -3.09. The predicted octanol–water partition coefficient (Wildman–Crippen LogP) is 4.40. The van der Waals surface area contributed by atoms with Gasteiger partial charge in [-0.3, -0.25) is 4.79 Å². The summed E-state index contributed by atoms with van der Waals surface area (Å²) in [6.45, 7) is 1.17. The number of carbonyl (C=O) groups is 2.